The normalized spacial score (nSPS) is 35.5. The average molecular weight is 453 g/mol. The third kappa shape index (κ3) is 4.93. The smallest absolute Gasteiger partial charge is 0.192 e. The van der Waals surface area contributed by atoms with Gasteiger partial charge in [-0.3, -0.25) is 0 Å². The number of hydrogen-bond acceptors (Lipinski definition) is 6. The number of ether oxygens (including phenoxy) is 3. The molecule has 3 rings (SSSR count). The highest BCUT2D eigenvalue weighted by atomic mass is 28.4. The summed E-state index contributed by atoms with van der Waals surface area (Å²) in [7, 11) is -2.15. The van der Waals surface area contributed by atoms with E-state index in [4.69, 9.17) is 18.6 Å². The number of benzene rings is 1. The largest absolute Gasteiger partial charge is 0.411 e. The zero-order valence-corrected chi connectivity index (χ0v) is 21.1. The number of aliphatic hydroxyl groups excluding tert-OH is 2. The summed E-state index contributed by atoms with van der Waals surface area (Å²) in [5.74, 6) is 0. The Morgan fingerprint density at radius 1 is 1.19 bits per heavy atom. The van der Waals surface area contributed by atoms with Gasteiger partial charge in [-0.1, -0.05) is 51.1 Å². The average Bonchev–Trinajstić information content (AvgIpc) is 2.68. The summed E-state index contributed by atoms with van der Waals surface area (Å²) in [6, 6.07) is 9.90. The van der Waals surface area contributed by atoms with Gasteiger partial charge in [0.05, 0.1) is 24.9 Å². The van der Waals surface area contributed by atoms with E-state index in [1.54, 1.807) is 0 Å². The Morgan fingerprint density at radius 3 is 2.42 bits per heavy atom. The fraction of sp³-hybridized carbons (Fsp3) is 0.750. The van der Waals surface area contributed by atoms with Gasteiger partial charge < -0.3 is 28.8 Å². The quantitative estimate of drug-likeness (QED) is 0.631. The molecular weight excluding hydrogens is 412 g/mol. The molecule has 7 heteroatoms. The van der Waals surface area contributed by atoms with Crippen molar-refractivity contribution in [2.75, 3.05) is 13.2 Å². The molecule has 0 saturated carbocycles. The van der Waals surface area contributed by atoms with Crippen LogP contribution < -0.4 is 0 Å². The van der Waals surface area contributed by atoms with Gasteiger partial charge in [0, 0.05) is 18.6 Å². The molecule has 0 radical (unpaired) electrons. The van der Waals surface area contributed by atoms with Gasteiger partial charge in [-0.25, -0.2) is 0 Å². The van der Waals surface area contributed by atoms with Crippen LogP contribution in [-0.4, -0.2) is 61.3 Å². The molecule has 2 fully saturated rings. The topological polar surface area (TPSA) is 77.4 Å². The first-order valence-corrected chi connectivity index (χ1v) is 14.2. The summed E-state index contributed by atoms with van der Waals surface area (Å²) in [6.45, 7) is 15.1. The van der Waals surface area contributed by atoms with E-state index in [2.05, 4.69) is 33.9 Å². The maximum absolute atomic E-state index is 11.0. The Hall–Kier alpha value is -0.803. The molecule has 2 saturated heterocycles. The van der Waals surface area contributed by atoms with Crippen molar-refractivity contribution in [2.45, 2.75) is 101 Å². The monoisotopic (exact) mass is 452 g/mol. The third-order valence-corrected chi connectivity index (χ3v) is 11.9. The number of rotatable bonds is 6. The molecule has 6 nitrogen and oxygen atoms in total. The van der Waals surface area contributed by atoms with Crippen molar-refractivity contribution < 1.29 is 28.8 Å². The van der Waals surface area contributed by atoms with Crippen LogP contribution in [0.2, 0.25) is 18.1 Å². The lowest BCUT2D eigenvalue weighted by molar-refractivity contribution is -0.366. The van der Waals surface area contributed by atoms with Gasteiger partial charge in [0.1, 0.15) is 11.2 Å². The van der Waals surface area contributed by atoms with E-state index in [9.17, 15) is 10.2 Å². The molecule has 2 aliphatic rings. The van der Waals surface area contributed by atoms with Crippen LogP contribution in [-0.2, 0) is 18.6 Å². The fourth-order valence-electron chi connectivity index (χ4n) is 4.24. The molecule has 1 aromatic carbocycles. The predicted octanol–water partition coefficient (Wildman–Crippen LogP) is 4.17. The molecule has 2 heterocycles. The fourth-order valence-corrected chi connectivity index (χ4v) is 5.63. The van der Waals surface area contributed by atoms with Crippen molar-refractivity contribution in [3.8, 4) is 0 Å². The number of aliphatic hydroxyl groups is 2. The predicted molar refractivity (Wildman–Crippen MR) is 122 cm³/mol. The first-order valence-electron chi connectivity index (χ1n) is 11.3. The van der Waals surface area contributed by atoms with Crippen LogP contribution in [0.1, 0.15) is 59.3 Å². The first-order chi connectivity index (χ1) is 14.3. The summed E-state index contributed by atoms with van der Waals surface area (Å²) in [6.07, 6.45) is -1.10. The van der Waals surface area contributed by atoms with E-state index in [0.29, 0.717) is 13.0 Å². The minimum atomic E-state index is -2.15. The second-order valence-corrected chi connectivity index (χ2v) is 15.7. The summed E-state index contributed by atoms with van der Waals surface area (Å²) in [5, 5.41) is 20.5. The second kappa shape index (κ2) is 8.86. The summed E-state index contributed by atoms with van der Waals surface area (Å²) >= 11 is 0. The van der Waals surface area contributed by atoms with Crippen molar-refractivity contribution in [1.29, 1.82) is 0 Å². The van der Waals surface area contributed by atoms with Gasteiger partial charge in [-0.2, -0.15) is 0 Å². The van der Waals surface area contributed by atoms with Gasteiger partial charge in [-0.15, -0.1) is 0 Å². The minimum Gasteiger partial charge on any atom is -0.411 e. The van der Waals surface area contributed by atoms with Crippen molar-refractivity contribution in [3.05, 3.63) is 35.9 Å². The van der Waals surface area contributed by atoms with Crippen LogP contribution in [0.15, 0.2) is 30.3 Å². The molecule has 1 aromatic rings. The maximum Gasteiger partial charge on any atom is 0.192 e. The third-order valence-electron chi connectivity index (χ3n) is 7.39. The van der Waals surface area contributed by atoms with E-state index in [1.165, 1.54) is 0 Å². The molecule has 0 aromatic heterocycles. The van der Waals surface area contributed by atoms with Crippen LogP contribution in [0.25, 0.3) is 0 Å². The molecule has 0 bridgehead atoms. The van der Waals surface area contributed by atoms with Crippen LogP contribution in [0.5, 0.6) is 0 Å². The van der Waals surface area contributed by atoms with Crippen molar-refractivity contribution in [3.63, 3.8) is 0 Å². The van der Waals surface area contributed by atoms with Gasteiger partial charge in [0.25, 0.3) is 0 Å². The molecule has 0 spiro atoms. The highest BCUT2D eigenvalue weighted by molar-refractivity contribution is 6.74. The summed E-state index contributed by atoms with van der Waals surface area (Å²) in [4.78, 5) is 0. The van der Waals surface area contributed by atoms with E-state index in [-0.39, 0.29) is 30.3 Å². The van der Waals surface area contributed by atoms with Gasteiger partial charge in [0.15, 0.2) is 14.6 Å². The van der Waals surface area contributed by atoms with Crippen LogP contribution >= 0.6 is 0 Å². The van der Waals surface area contributed by atoms with Gasteiger partial charge in [0.2, 0.25) is 0 Å². The molecule has 0 amide bonds. The summed E-state index contributed by atoms with van der Waals surface area (Å²) < 4.78 is 25.9. The minimum absolute atomic E-state index is 0.0136. The van der Waals surface area contributed by atoms with E-state index in [0.717, 1.165) is 5.56 Å². The molecule has 2 aliphatic heterocycles. The van der Waals surface area contributed by atoms with Crippen molar-refractivity contribution in [1.82, 2.24) is 0 Å². The van der Waals surface area contributed by atoms with E-state index >= 15 is 0 Å². The number of hydrogen-bond donors (Lipinski definition) is 2. The van der Waals surface area contributed by atoms with Crippen molar-refractivity contribution in [2.24, 2.45) is 0 Å². The van der Waals surface area contributed by atoms with Gasteiger partial charge >= 0.3 is 0 Å². The Balaban J connectivity index is 1.90. The zero-order valence-electron chi connectivity index (χ0n) is 20.1. The lowest BCUT2D eigenvalue weighted by atomic mass is 9.78. The molecule has 176 valence electrons. The van der Waals surface area contributed by atoms with Crippen LogP contribution in [0.3, 0.4) is 0 Å². The van der Waals surface area contributed by atoms with Crippen molar-refractivity contribution >= 4 is 8.32 Å². The summed E-state index contributed by atoms with van der Waals surface area (Å²) in [5.41, 5.74) is -0.723. The maximum atomic E-state index is 11.0. The second-order valence-electron chi connectivity index (χ2n) is 10.9. The zero-order chi connectivity index (χ0) is 23.1. The Bertz CT molecular complexity index is 735. The number of fused-ring (bicyclic) bond motifs is 1. The molecule has 31 heavy (non-hydrogen) atoms. The lowest BCUT2D eigenvalue weighted by Gasteiger charge is -2.58. The molecule has 0 aliphatic carbocycles. The lowest BCUT2D eigenvalue weighted by Crippen LogP contribution is -2.70. The molecule has 6 atom stereocenters. The molecular formula is C24H40O6Si. The molecule has 2 N–H and O–H groups in total. The van der Waals surface area contributed by atoms with E-state index < -0.39 is 31.9 Å². The Labute approximate surface area is 188 Å². The first kappa shape index (κ1) is 24.8. The van der Waals surface area contributed by atoms with Gasteiger partial charge in [-0.05, 0) is 38.4 Å². The van der Waals surface area contributed by atoms with Crippen LogP contribution in [0, 0.1) is 0 Å². The highest BCUT2D eigenvalue weighted by Gasteiger charge is 2.59. The molecule has 0 unspecified atom stereocenters. The van der Waals surface area contributed by atoms with Crippen LogP contribution in [0.4, 0.5) is 0 Å². The SMILES string of the molecule is CC(C)(C)[Si](C)(C)O[C@@H]1C[C@@H]2O[C@H](c3ccccc3)OC[C@@]2(C)O[C@@]1(C)[C@@H](O)CCO. The highest BCUT2D eigenvalue weighted by Crippen LogP contribution is 2.48. The van der Waals surface area contributed by atoms with E-state index in [1.807, 2.05) is 44.2 Å². The Kier molecular flexibility index (Phi) is 7.09. The Morgan fingerprint density at radius 2 is 1.84 bits per heavy atom. The standard InChI is InChI=1S/C24H40O6Si/c1-22(2,3)31(6,7)29-20-15-19-23(4,30-24(20,5)18(26)13-14-25)16-27-21(28-19)17-11-9-8-10-12-17/h8-12,18-21,25-26H,13-16H2,1-7H3/t18-,19-,20+,21+,23+,24-/m0/s1.